The van der Waals surface area contributed by atoms with Gasteiger partial charge in [-0.2, -0.15) is 0 Å². The Balaban J connectivity index is 2.63. The Labute approximate surface area is 99.5 Å². The number of hydroxylamine groups is 1. The topological polar surface area (TPSA) is 102 Å². The molecule has 7 heteroatoms. The molecule has 1 aromatic carbocycles. The van der Waals surface area contributed by atoms with Crippen LogP contribution in [0.3, 0.4) is 0 Å². The van der Waals surface area contributed by atoms with Gasteiger partial charge in [0, 0.05) is 4.47 Å². The van der Waals surface area contributed by atoms with Gasteiger partial charge < -0.3 is 10.8 Å². The van der Waals surface area contributed by atoms with Crippen molar-refractivity contribution in [3.63, 3.8) is 0 Å². The normalized spacial score (nSPS) is 9.81. The highest BCUT2D eigenvalue weighted by molar-refractivity contribution is 9.10. The number of nitrogens with two attached hydrogens (primary N) is 1. The number of aromatic hydroxyl groups is 1. The predicted molar refractivity (Wildman–Crippen MR) is 58.4 cm³/mol. The maximum Gasteiger partial charge on any atom is 0.278 e. The number of halogens is 1. The third-order valence-corrected chi connectivity index (χ3v) is 2.08. The molecule has 0 bridgehead atoms. The van der Waals surface area contributed by atoms with Crippen LogP contribution in [0.1, 0.15) is 10.4 Å². The molecule has 2 amide bonds. The molecule has 0 saturated carbocycles. The number of benzene rings is 1. The molecule has 0 heterocycles. The summed E-state index contributed by atoms with van der Waals surface area (Å²) >= 11 is 3.13. The Kier molecular flexibility index (Phi) is 4.27. The van der Waals surface area contributed by atoms with E-state index in [0.29, 0.717) is 4.47 Å². The molecule has 0 aliphatic heterocycles. The van der Waals surface area contributed by atoms with Crippen LogP contribution in [0.25, 0.3) is 0 Å². The van der Waals surface area contributed by atoms with Gasteiger partial charge in [-0.25, -0.2) is 5.48 Å². The fraction of sp³-hybridized carbons (Fsp3) is 0.111. The number of primary amides is 1. The van der Waals surface area contributed by atoms with E-state index in [4.69, 9.17) is 5.73 Å². The second-order valence-electron chi connectivity index (χ2n) is 2.85. The zero-order chi connectivity index (χ0) is 12.1. The Morgan fingerprint density at radius 1 is 1.50 bits per heavy atom. The first-order chi connectivity index (χ1) is 7.50. The minimum atomic E-state index is -0.708. The van der Waals surface area contributed by atoms with Crippen LogP contribution in [-0.2, 0) is 9.63 Å². The number of rotatable bonds is 4. The van der Waals surface area contributed by atoms with E-state index >= 15 is 0 Å². The maximum absolute atomic E-state index is 11.4. The summed E-state index contributed by atoms with van der Waals surface area (Å²) in [6.07, 6.45) is 0. The van der Waals surface area contributed by atoms with Gasteiger partial charge in [0.05, 0.1) is 5.56 Å². The Bertz CT molecular complexity index is 422. The maximum atomic E-state index is 11.4. The van der Waals surface area contributed by atoms with Gasteiger partial charge in [0.2, 0.25) is 5.91 Å². The van der Waals surface area contributed by atoms with E-state index in [-0.39, 0.29) is 11.3 Å². The second kappa shape index (κ2) is 5.47. The van der Waals surface area contributed by atoms with Crippen LogP contribution in [0.15, 0.2) is 22.7 Å². The molecule has 0 saturated heterocycles. The number of phenols is 1. The average Bonchev–Trinajstić information content (AvgIpc) is 2.16. The minimum Gasteiger partial charge on any atom is -0.507 e. The summed E-state index contributed by atoms with van der Waals surface area (Å²) in [5.74, 6) is -1.57. The van der Waals surface area contributed by atoms with E-state index in [9.17, 15) is 14.7 Å². The first-order valence-corrected chi connectivity index (χ1v) is 4.99. The molecule has 86 valence electrons. The molecule has 4 N–H and O–H groups in total. The zero-order valence-electron chi connectivity index (χ0n) is 8.07. The van der Waals surface area contributed by atoms with Crippen LogP contribution in [0.5, 0.6) is 5.75 Å². The van der Waals surface area contributed by atoms with Gasteiger partial charge in [-0.3, -0.25) is 14.4 Å². The quantitative estimate of drug-likeness (QED) is 0.694. The van der Waals surface area contributed by atoms with E-state index in [1.54, 1.807) is 6.07 Å². The first-order valence-electron chi connectivity index (χ1n) is 4.19. The molecule has 16 heavy (non-hydrogen) atoms. The zero-order valence-corrected chi connectivity index (χ0v) is 9.65. The number of nitrogens with one attached hydrogen (secondary N) is 1. The summed E-state index contributed by atoms with van der Waals surface area (Å²) in [6, 6.07) is 4.36. The van der Waals surface area contributed by atoms with Crippen LogP contribution in [-0.4, -0.2) is 23.5 Å². The lowest BCUT2D eigenvalue weighted by atomic mass is 10.2. The van der Waals surface area contributed by atoms with Crippen molar-refractivity contribution in [2.24, 2.45) is 5.73 Å². The molecule has 1 aromatic rings. The fourth-order valence-corrected chi connectivity index (χ4v) is 1.27. The van der Waals surface area contributed by atoms with Crippen molar-refractivity contribution in [2.75, 3.05) is 6.61 Å². The molecule has 6 nitrogen and oxygen atoms in total. The monoisotopic (exact) mass is 288 g/mol. The lowest BCUT2D eigenvalue weighted by molar-refractivity contribution is -0.124. The average molecular weight is 289 g/mol. The van der Waals surface area contributed by atoms with Gasteiger partial charge >= 0.3 is 0 Å². The van der Waals surface area contributed by atoms with E-state index in [0.717, 1.165) is 0 Å². The van der Waals surface area contributed by atoms with Crippen LogP contribution >= 0.6 is 15.9 Å². The van der Waals surface area contributed by atoms with E-state index < -0.39 is 18.4 Å². The standard InChI is InChI=1S/C9H9BrN2O4/c10-5-1-2-6(7(13)3-5)9(15)12-16-4-8(11)14/h1-3,13H,4H2,(H2,11,14)(H,12,15). The highest BCUT2D eigenvalue weighted by Gasteiger charge is 2.11. The summed E-state index contributed by atoms with van der Waals surface area (Å²) < 4.78 is 0.639. The summed E-state index contributed by atoms with van der Waals surface area (Å²) in [5.41, 5.74) is 6.81. The summed E-state index contributed by atoms with van der Waals surface area (Å²) in [6.45, 7) is -0.428. The van der Waals surface area contributed by atoms with Gasteiger partial charge in [-0.15, -0.1) is 0 Å². The van der Waals surface area contributed by atoms with Crippen molar-refractivity contribution in [3.05, 3.63) is 28.2 Å². The number of carbonyl (C=O) groups excluding carboxylic acids is 2. The van der Waals surface area contributed by atoms with Crippen molar-refractivity contribution in [2.45, 2.75) is 0 Å². The van der Waals surface area contributed by atoms with Crippen molar-refractivity contribution in [1.29, 1.82) is 0 Å². The molecule has 0 aliphatic rings. The smallest absolute Gasteiger partial charge is 0.278 e. The lowest BCUT2D eigenvalue weighted by Gasteiger charge is -2.06. The SMILES string of the molecule is NC(=O)CONC(=O)c1ccc(Br)cc1O. The van der Waals surface area contributed by atoms with Gasteiger partial charge in [0.1, 0.15) is 5.75 Å². The van der Waals surface area contributed by atoms with Gasteiger partial charge in [0.15, 0.2) is 6.61 Å². The van der Waals surface area contributed by atoms with Crippen LogP contribution in [0.4, 0.5) is 0 Å². The molecular weight excluding hydrogens is 280 g/mol. The second-order valence-corrected chi connectivity index (χ2v) is 3.76. The highest BCUT2D eigenvalue weighted by Crippen LogP contribution is 2.21. The number of amides is 2. The molecule has 0 aliphatic carbocycles. The molecule has 0 radical (unpaired) electrons. The van der Waals surface area contributed by atoms with Crippen molar-refractivity contribution >= 4 is 27.7 Å². The Hall–Kier alpha value is -1.60. The van der Waals surface area contributed by atoms with E-state index in [1.165, 1.54) is 12.1 Å². The van der Waals surface area contributed by atoms with Gasteiger partial charge in [-0.1, -0.05) is 15.9 Å². The molecule has 0 aromatic heterocycles. The Morgan fingerprint density at radius 3 is 2.75 bits per heavy atom. The minimum absolute atomic E-state index is 0.0349. The molecule has 0 spiro atoms. The highest BCUT2D eigenvalue weighted by atomic mass is 79.9. The van der Waals surface area contributed by atoms with Crippen molar-refractivity contribution in [3.8, 4) is 5.75 Å². The lowest BCUT2D eigenvalue weighted by Crippen LogP contribution is -2.29. The Morgan fingerprint density at radius 2 is 2.19 bits per heavy atom. The van der Waals surface area contributed by atoms with Crippen LogP contribution < -0.4 is 11.2 Å². The van der Waals surface area contributed by atoms with E-state index in [2.05, 4.69) is 20.8 Å². The molecule has 1 rings (SSSR count). The molecular formula is C9H9BrN2O4. The molecule has 0 atom stereocenters. The summed E-state index contributed by atoms with van der Waals surface area (Å²) in [4.78, 5) is 26.2. The van der Waals surface area contributed by atoms with Crippen molar-refractivity contribution in [1.82, 2.24) is 5.48 Å². The van der Waals surface area contributed by atoms with Gasteiger partial charge in [0.25, 0.3) is 5.91 Å². The summed E-state index contributed by atoms with van der Waals surface area (Å²) in [7, 11) is 0. The van der Waals surface area contributed by atoms with Gasteiger partial charge in [-0.05, 0) is 18.2 Å². The third-order valence-electron chi connectivity index (χ3n) is 1.58. The number of carbonyl (C=O) groups is 2. The summed E-state index contributed by atoms with van der Waals surface area (Å²) in [5, 5.41) is 9.43. The number of hydrogen-bond acceptors (Lipinski definition) is 4. The number of phenolic OH excluding ortho intramolecular Hbond substituents is 1. The fourth-order valence-electron chi connectivity index (χ4n) is 0.925. The molecule has 0 unspecified atom stereocenters. The number of hydrogen-bond donors (Lipinski definition) is 3. The van der Waals surface area contributed by atoms with Crippen molar-refractivity contribution < 1.29 is 19.5 Å². The largest absolute Gasteiger partial charge is 0.507 e. The van der Waals surface area contributed by atoms with Crippen LogP contribution in [0.2, 0.25) is 0 Å². The predicted octanol–water partition coefficient (Wildman–Crippen LogP) is 0.301. The third kappa shape index (κ3) is 3.52. The van der Waals surface area contributed by atoms with Crippen LogP contribution in [0, 0.1) is 0 Å². The first kappa shape index (κ1) is 12.5. The molecule has 0 fully saturated rings. The van der Waals surface area contributed by atoms with E-state index in [1.807, 2.05) is 5.48 Å².